The van der Waals surface area contributed by atoms with Crippen molar-refractivity contribution in [3.8, 4) is 5.69 Å². The van der Waals surface area contributed by atoms with Crippen LogP contribution in [0.25, 0.3) is 5.69 Å². The maximum Gasteiger partial charge on any atom is 0.276 e. The minimum absolute atomic E-state index is 0.0732. The number of carbonyl (C=O) groups excluding carboxylic acids is 1. The van der Waals surface area contributed by atoms with Gasteiger partial charge in [-0.15, -0.1) is 0 Å². The first-order chi connectivity index (χ1) is 12.9. The molecule has 4 nitrogen and oxygen atoms in total. The van der Waals surface area contributed by atoms with Gasteiger partial charge in [0.05, 0.1) is 11.4 Å². The monoisotopic (exact) mass is 388 g/mol. The van der Waals surface area contributed by atoms with E-state index in [-0.39, 0.29) is 17.9 Å². The highest BCUT2D eigenvalue weighted by molar-refractivity contribution is 6.31. The first kappa shape index (κ1) is 18.9. The molecule has 0 N–H and O–H groups in total. The van der Waals surface area contributed by atoms with Crippen molar-refractivity contribution in [2.45, 2.75) is 19.8 Å². The highest BCUT2D eigenvalue weighted by Gasteiger charge is 2.14. The molecule has 1 heterocycles. The van der Waals surface area contributed by atoms with Crippen LogP contribution >= 0.6 is 11.6 Å². The van der Waals surface area contributed by atoms with Gasteiger partial charge < -0.3 is 0 Å². The Morgan fingerprint density at radius 1 is 1.15 bits per heavy atom. The molecule has 2 aromatic carbocycles. The smallest absolute Gasteiger partial charge is 0.276 e. The van der Waals surface area contributed by atoms with Crippen LogP contribution < -0.4 is 5.56 Å². The predicted molar refractivity (Wildman–Crippen MR) is 98.7 cm³/mol. The topological polar surface area (TPSA) is 52.0 Å². The first-order valence-corrected chi connectivity index (χ1v) is 8.54. The van der Waals surface area contributed by atoms with Crippen molar-refractivity contribution < 1.29 is 13.6 Å². The Bertz CT molecular complexity index is 1080. The molecule has 0 unspecified atom stereocenters. The van der Waals surface area contributed by atoms with E-state index >= 15 is 0 Å². The van der Waals surface area contributed by atoms with Crippen molar-refractivity contribution in [2.75, 3.05) is 0 Å². The van der Waals surface area contributed by atoms with E-state index in [2.05, 4.69) is 4.98 Å². The summed E-state index contributed by atoms with van der Waals surface area (Å²) < 4.78 is 28.0. The third kappa shape index (κ3) is 3.95. The van der Waals surface area contributed by atoms with Crippen LogP contribution in [0.5, 0.6) is 0 Å². The first-order valence-electron chi connectivity index (χ1n) is 8.17. The van der Waals surface area contributed by atoms with Crippen molar-refractivity contribution >= 4 is 17.9 Å². The fraction of sp³-hybridized carbons (Fsp3) is 0.150. The molecule has 0 saturated carbocycles. The van der Waals surface area contributed by atoms with E-state index in [9.17, 15) is 18.4 Å². The van der Waals surface area contributed by atoms with Gasteiger partial charge in [0.15, 0.2) is 0 Å². The number of benzene rings is 2. The fourth-order valence-electron chi connectivity index (χ4n) is 2.75. The molecule has 7 heteroatoms. The van der Waals surface area contributed by atoms with Gasteiger partial charge in [0.25, 0.3) is 5.56 Å². The molecule has 0 radical (unpaired) electrons. The molecule has 1 aromatic heterocycles. The molecule has 0 spiro atoms. The van der Waals surface area contributed by atoms with Gasteiger partial charge in [-0.1, -0.05) is 29.8 Å². The lowest BCUT2D eigenvalue weighted by Crippen LogP contribution is -2.22. The minimum atomic E-state index is -0.652. The summed E-state index contributed by atoms with van der Waals surface area (Å²) in [5, 5.41) is -0.0732. The van der Waals surface area contributed by atoms with Gasteiger partial charge in [-0.05, 0) is 43.0 Å². The molecule has 0 atom stereocenters. The van der Waals surface area contributed by atoms with Gasteiger partial charge in [-0.2, -0.15) is 0 Å². The number of aldehydes is 1. The molecule has 0 amide bonds. The van der Waals surface area contributed by atoms with Crippen LogP contribution in [0.2, 0.25) is 5.02 Å². The SMILES string of the molecule is Cc1ccc(C=O)cc1-n1cnc(CCc2ccc(F)cc2F)c(Cl)c1=O. The Kier molecular flexibility index (Phi) is 5.46. The highest BCUT2D eigenvalue weighted by atomic mass is 35.5. The summed E-state index contributed by atoms with van der Waals surface area (Å²) in [6, 6.07) is 8.30. The number of aryl methyl sites for hydroxylation is 3. The Morgan fingerprint density at radius 2 is 1.93 bits per heavy atom. The van der Waals surface area contributed by atoms with Crippen LogP contribution in [0.15, 0.2) is 47.5 Å². The quantitative estimate of drug-likeness (QED) is 0.619. The van der Waals surface area contributed by atoms with E-state index in [0.29, 0.717) is 28.8 Å². The van der Waals surface area contributed by atoms with Crippen LogP contribution in [0.4, 0.5) is 8.78 Å². The third-order valence-electron chi connectivity index (χ3n) is 4.26. The van der Waals surface area contributed by atoms with Gasteiger partial charge in [-0.25, -0.2) is 13.8 Å². The maximum atomic E-state index is 13.7. The van der Waals surface area contributed by atoms with Crippen LogP contribution in [0, 0.1) is 18.6 Å². The Hall–Kier alpha value is -2.86. The number of rotatable bonds is 5. The van der Waals surface area contributed by atoms with Crippen LogP contribution in [0.3, 0.4) is 0 Å². The lowest BCUT2D eigenvalue weighted by molar-refractivity contribution is 0.112. The fourth-order valence-corrected chi connectivity index (χ4v) is 2.98. The summed E-state index contributed by atoms with van der Waals surface area (Å²) in [5.74, 6) is -1.30. The molecule has 0 fully saturated rings. The lowest BCUT2D eigenvalue weighted by Gasteiger charge is -2.12. The van der Waals surface area contributed by atoms with E-state index in [1.807, 2.05) is 0 Å². The van der Waals surface area contributed by atoms with E-state index in [0.717, 1.165) is 11.6 Å². The Balaban J connectivity index is 1.91. The molecule has 0 bridgehead atoms. The molecule has 138 valence electrons. The van der Waals surface area contributed by atoms with Crippen molar-refractivity contribution in [1.29, 1.82) is 0 Å². The predicted octanol–water partition coefficient (Wildman–Crippen LogP) is 4.07. The summed E-state index contributed by atoms with van der Waals surface area (Å²) >= 11 is 6.19. The Labute approximate surface area is 159 Å². The summed E-state index contributed by atoms with van der Waals surface area (Å²) in [7, 11) is 0. The van der Waals surface area contributed by atoms with Crippen LogP contribution in [0.1, 0.15) is 27.2 Å². The second-order valence-corrected chi connectivity index (χ2v) is 6.46. The zero-order valence-corrected chi connectivity index (χ0v) is 15.1. The van der Waals surface area contributed by atoms with Crippen molar-refractivity contribution in [2.24, 2.45) is 0 Å². The zero-order chi connectivity index (χ0) is 19.6. The summed E-state index contributed by atoms with van der Waals surface area (Å²) in [6.45, 7) is 1.80. The maximum absolute atomic E-state index is 13.7. The second-order valence-electron chi connectivity index (χ2n) is 6.08. The standard InChI is InChI=1S/C20H15ClF2N2O2/c1-12-2-3-13(10-26)8-18(12)25-11-24-17(19(21)20(25)27)7-5-14-4-6-15(22)9-16(14)23/h2-4,6,8-11H,5,7H2,1H3. The molecule has 3 aromatic rings. The zero-order valence-electron chi connectivity index (χ0n) is 14.4. The molecule has 0 aliphatic carbocycles. The largest absolute Gasteiger partial charge is 0.298 e. The summed E-state index contributed by atoms with van der Waals surface area (Å²) in [6.07, 6.45) is 2.48. The average molecular weight is 389 g/mol. The number of nitrogens with zero attached hydrogens (tertiary/aromatic N) is 2. The van der Waals surface area contributed by atoms with E-state index in [4.69, 9.17) is 11.6 Å². The number of hydrogen-bond donors (Lipinski definition) is 0. The number of hydrogen-bond acceptors (Lipinski definition) is 3. The highest BCUT2D eigenvalue weighted by Crippen LogP contribution is 2.18. The molecule has 3 rings (SSSR count). The summed E-state index contributed by atoms with van der Waals surface area (Å²) in [4.78, 5) is 27.9. The molecule has 0 aliphatic rings. The summed E-state index contributed by atoms with van der Waals surface area (Å²) in [5.41, 5.74) is 1.87. The number of carbonyl (C=O) groups is 1. The normalized spacial score (nSPS) is 10.8. The van der Waals surface area contributed by atoms with Gasteiger partial charge in [0.1, 0.15) is 29.3 Å². The molecular formula is C20H15ClF2N2O2. The van der Waals surface area contributed by atoms with Gasteiger partial charge in [-0.3, -0.25) is 14.2 Å². The van der Waals surface area contributed by atoms with Crippen LogP contribution in [-0.2, 0) is 12.8 Å². The number of halogens is 3. The van der Waals surface area contributed by atoms with E-state index < -0.39 is 17.2 Å². The molecule has 0 saturated heterocycles. The van der Waals surface area contributed by atoms with E-state index in [1.54, 1.807) is 25.1 Å². The van der Waals surface area contributed by atoms with Crippen molar-refractivity contribution in [3.63, 3.8) is 0 Å². The van der Waals surface area contributed by atoms with Crippen molar-refractivity contribution in [1.82, 2.24) is 9.55 Å². The average Bonchev–Trinajstić information content (AvgIpc) is 2.65. The lowest BCUT2D eigenvalue weighted by atomic mass is 10.1. The van der Waals surface area contributed by atoms with Gasteiger partial charge in [0, 0.05) is 11.6 Å². The van der Waals surface area contributed by atoms with Crippen LogP contribution in [-0.4, -0.2) is 15.8 Å². The van der Waals surface area contributed by atoms with Gasteiger partial charge in [0.2, 0.25) is 0 Å². The number of aromatic nitrogens is 2. The Morgan fingerprint density at radius 3 is 2.63 bits per heavy atom. The second kappa shape index (κ2) is 7.80. The van der Waals surface area contributed by atoms with Gasteiger partial charge >= 0.3 is 0 Å². The molecular weight excluding hydrogens is 374 g/mol. The third-order valence-corrected chi connectivity index (χ3v) is 4.64. The minimum Gasteiger partial charge on any atom is -0.298 e. The van der Waals surface area contributed by atoms with E-state index in [1.165, 1.54) is 23.0 Å². The van der Waals surface area contributed by atoms with Crippen molar-refractivity contribution in [3.05, 3.63) is 92.1 Å². The molecule has 27 heavy (non-hydrogen) atoms. The molecule has 0 aliphatic heterocycles.